The Kier molecular flexibility index (Phi) is 3.54. The average Bonchev–Trinajstić information content (AvgIpc) is 2.87. The molecule has 21 heavy (non-hydrogen) atoms. The molecule has 1 saturated heterocycles. The van der Waals surface area contributed by atoms with E-state index < -0.39 is 6.36 Å². The van der Waals surface area contributed by atoms with E-state index >= 15 is 0 Å². The predicted molar refractivity (Wildman–Crippen MR) is 67.5 cm³/mol. The molecule has 0 atom stereocenters. The van der Waals surface area contributed by atoms with Crippen LogP contribution in [0.4, 0.5) is 13.2 Å². The Labute approximate surface area is 118 Å². The van der Waals surface area contributed by atoms with Gasteiger partial charge >= 0.3 is 6.36 Å². The van der Waals surface area contributed by atoms with E-state index in [4.69, 9.17) is 0 Å². The molecule has 1 aromatic carbocycles. The van der Waals surface area contributed by atoms with E-state index in [1.807, 2.05) is 0 Å². The van der Waals surface area contributed by atoms with Gasteiger partial charge in [0.15, 0.2) is 0 Å². The molecule has 0 amide bonds. The summed E-state index contributed by atoms with van der Waals surface area (Å²) in [7, 11) is 0. The lowest BCUT2D eigenvalue weighted by atomic mass is 10.1. The predicted octanol–water partition coefficient (Wildman–Crippen LogP) is 2.23. The molecule has 0 saturated carbocycles. The lowest BCUT2D eigenvalue weighted by molar-refractivity contribution is -0.274. The normalized spacial score (nSPS) is 16.7. The van der Waals surface area contributed by atoms with Crippen molar-refractivity contribution in [3.8, 4) is 5.75 Å². The second-order valence-electron chi connectivity index (χ2n) is 4.89. The van der Waals surface area contributed by atoms with E-state index in [0.29, 0.717) is 6.54 Å². The standard InChI is InChI=1S/C13H13F3N4O/c14-13(15,16)21-12-3-1-10(2-4-12)7-19-8-11(9-19)20-17-5-6-18-20/h1-6,11H,7-9H2. The van der Waals surface area contributed by atoms with E-state index in [1.165, 1.54) is 12.1 Å². The van der Waals surface area contributed by atoms with Crippen LogP contribution >= 0.6 is 0 Å². The van der Waals surface area contributed by atoms with Crippen LogP contribution in [0.3, 0.4) is 0 Å². The fraction of sp³-hybridized carbons (Fsp3) is 0.385. The summed E-state index contributed by atoms with van der Waals surface area (Å²) in [6, 6.07) is 6.21. The molecule has 3 rings (SSSR count). The second-order valence-corrected chi connectivity index (χ2v) is 4.89. The van der Waals surface area contributed by atoms with Crippen molar-refractivity contribution in [3.05, 3.63) is 42.2 Å². The van der Waals surface area contributed by atoms with Crippen molar-refractivity contribution in [1.29, 1.82) is 0 Å². The van der Waals surface area contributed by atoms with Crippen LogP contribution in [0.2, 0.25) is 0 Å². The second kappa shape index (κ2) is 5.36. The zero-order valence-corrected chi connectivity index (χ0v) is 11.0. The summed E-state index contributed by atoms with van der Waals surface area (Å²) in [5, 5.41) is 8.16. The number of ether oxygens (including phenoxy) is 1. The number of nitrogens with zero attached hydrogens (tertiary/aromatic N) is 4. The molecule has 1 fully saturated rings. The molecule has 1 aliphatic rings. The maximum Gasteiger partial charge on any atom is 0.573 e. The number of rotatable bonds is 4. The van der Waals surface area contributed by atoms with Gasteiger partial charge in [-0.05, 0) is 17.7 Å². The Morgan fingerprint density at radius 2 is 1.71 bits per heavy atom. The van der Waals surface area contributed by atoms with Crippen molar-refractivity contribution in [2.75, 3.05) is 13.1 Å². The molecule has 5 nitrogen and oxygen atoms in total. The summed E-state index contributed by atoms with van der Waals surface area (Å²) < 4.78 is 40.0. The van der Waals surface area contributed by atoms with Crippen molar-refractivity contribution < 1.29 is 17.9 Å². The summed E-state index contributed by atoms with van der Waals surface area (Å²) in [4.78, 5) is 3.85. The lowest BCUT2D eigenvalue weighted by Gasteiger charge is -2.38. The third kappa shape index (κ3) is 3.52. The maximum atomic E-state index is 12.0. The van der Waals surface area contributed by atoms with Crippen molar-refractivity contribution in [2.24, 2.45) is 0 Å². The first kappa shape index (κ1) is 13.9. The summed E-state index contributed by atoms with van der Waals surface area (Å²) in [5.41, 5.74) is 0.941. The van der Waals surface area contributed by atoms with Crippen molar-refractivity contribution >= 4 is 0 Å². The molecule has 1 aromatic heterocycles. The average molecular weight is 298 g/mol. The molecule has 1 aliphatic heterocycles. The molecule has 0 spiro atoms. The number of hydrogen-bond acceptors (Lipinski definition) is 4. The van der Waals surface area contributed by atoms with Gasteiger partial charge in [0.25, 0.3) is 0 Å². The minimum Gasteiger partial charge on any atom is -0.406 e. The highest BCUT2D eigenvalue weighted by Gasteiger charge is 2.31. The molecule has 112 valence electrons. The van der Waals surface area contributed by atoms with Gasteiger partial charge in [-0.15, -0.1) is 13.2 Å². The van der Waals surface area contributed by atoms with Gasteiger partial charge in [-0.3, -0.25) is 4.90 Å². The minimum absolute atomic E-state index is 0.200. The Bertz CT molecular complexity index is 576. The molecule has 8 heteroatoms. The first-order valence-corrected chi connectivity index (χ1v) is 6.42. The van der Waals surface area contributed by atoms with Crippen LogP contribution in [0.5, 0.6) is 5.75 Å². The molecule has 0 aliphatic carbocycles. The van der Waals surface area contributed by atoms with E-state index in [1.54, 1.807) is 29.3 Å². The Hall–Kier alpha value is -2.09. The summed E-state index contributed by atoms with van der Waals surface area (Å²) in [6.45, 7) is 2.34. The minimum atomic E-state index is -4.65. The van der Waals surface area contributed by atoms with E-state index in [2.05, 4.69) is 19.8 Å². The van der Waals surface area contributed by atoms with Gasteiger partial charge in [-0.2, -0.15) is 15.0 Å². The van der Waals surface area contributed by atoms with E-state index in [0.717, 1.165) is 18.7 Å². The molecule has 0 unspecified atom stereocenters. The molecule has 0 N–H and O–H groups in total. The Morgan fingerprint density at radius 1 is 1.10 bits per heavy atom. The quantitative estimate of drug-likeness (QED) is 0.868. The summed E-state index contributed by atoms with van der Waals surface area (Å²) in [6.07, 6.45) is -1.37. The third-order valence-electron chi connectivity index (χ3n) is 3.26. The van der Waals surface area contributed by atoms with Gasteiger partial charge in [-0.1, -0.05) is 12.1 Å². The highest BCUT2D eigenvalue weighted by Crippen LogP contribution is 2.25. The van der Waals surface area contributed by atoms with Crippen LogP contribution in [-0.4, -0.2) is 39.3 Å². The van der Waals surface area contributed by atoms with Gasteiger partial charge in [0.05, 0.1) is 18.4 Å². The van der Waals surface area contributed by atoms with E-state index in [-0.39, 0.29) is 11.8 Å². The number of benzene rings is 1. The molecule has 2 aromatic rings. The van der Waals surface area contributed by atoms with Crippen molar-refractivity contribution in [2.45, 2.75) is 18.9 Å². The zero-order chi connectivity index (χ0) is 14.9. The molecule has 2 heterocycles. The Balaban J connectivity index is 1.51. The lowest BCUT2D eigenvalue weighted by Crippen LogP contribution is -2.47. The van der Waals surface area contributed by atoms with Gasteiger partial charge < -0.3 is 4.74 Å². The number of aromatic nitrogens is 3. The number of hydrogen-bond donors (Lipinski definition) is 0. The molecule has 0 bridgehead atoms. The highest BCUT2D eigenvalue weighted by molar-refractivity contribution is 5.27. The van der Waals surface area contributed by atoms with Crippen molar-refractivity contribution in [3.63, 3.8) is 0 Å². The van der Waals surface area contributed by atoms with Crippen LogP contribution in [0.25, 0.3) is 0 Å². The monoisotopic (exact) mass is 298 g/mol. The summed E-state index contributed by atoms with van der Waals surface area (Å²) in [5.74, 6) is -0.200. The van der Waals surface area contributed by atoms with Crippen LogP contribution in [0.15, 0.2) is 36.7 Å². The fourth-order valence-corrected chi connectivity index (χ4v) is 2.29. The topological polar surface area (TPSA) is 43.2 Å². The fourth-order valence-electron chi connectivity index (χ4n) is 2.29. The van der Waals surface area contributed by atoms with Crippen molar-refractivity contribution in [1.82, 2.24) is 19.9 Å². The van der Waals surface area contributed by atoms with Crippen LogP contribution in [-0.2, 0) is 6.54 Å². The van der Waals surface area contributed by atoms with Gasteiger partial charge in [-0.25, -0.2) is 0 Å². The Morgan fingerprint density at radius 3 is 2.29 bits per heavy atom. The smallest absolute Gasteiger partial charge is 0.406 e. The van der Waals surface area contributed by atoms with Gasteiger partial charge in [0.1, 0.15) is 5.75 Å². The SMILES string of the molecule is FC(F)(F)Oc1ccc(CN2CC(n3nccn3)C2)cc1. The first-order valence-electron chi connectivity index (χ1n) is 6.42. The molecular formula is C13H13F3N4O. The summed E-state index contributed by atoms with van der Waals surface area (Å²) >= 11 is 0. The van der Waals surface area contributed by atoms with Crippen LogP contribution < -0.4 is 4.74 Å². The van der Waals surface area contributed by atoms with Crippen LogP contribution in [0, 0.1) is 0 Å². The maximum absolute atomic E-state index is 12.0. The van der Waals surface area contributed by atoms with E-state index in [9.17, 15) is 13.2 Å². The van der Waals surface area contributed by atoms with Crippen LogP contribution in [0.1, 0.15) is 11.6 Å². The number of likely N-dealkylation sites (tertiary alicyclic amines) is 1. The number of halogens is 3. The molecule has 0 radical (unpaired) electrons. The third-order valence-corrected chi connectivity index (χ3v) is 3.26. The number of alkyl halides is 3. The first-order chi connectivity index (χ1) is 9.99. The highest BCUT2D eigenvalue weighted by atomic mass is 19.4. The van der Waals surface area contributed by atoms with Gasteiger partial charge in [0, 0.05) is 19.6 Å². The van der Waals surface area contributed by atoms with Gasteiger partial charge in [0.2, 0.25) is 0 Å². The largest absolute Gasteiger partial charge is 0.573 e. The molecular weight excluding hydrogens is 285 g/mol. The zero-order valence-electron chi connectivity index (χ0n) is 11.0.